The van der Waals surface area contributed by atoms with Crippen molar-refractivity contribution >= 4 is 12.6 Å². The summed E-state index contributed by atoms with van der Waals surface area (Å²) in [5.74, 6) is 0. The van der Waals surface area contributed by atoms with E-state index in [0.717, 1.165) is 5.46 Å². The highest BCUT2D eigenvalue weighted by atomic mass is 16.7. The van der Waals surface area contributed by atoms with E-state index in [9.17, 15) is 0 Å². The number of rotatable bonds is 1. The molecule has 1 aliphatic heterocycles. The van der Waals surface area contributed by atoms with Crippen molar-refractivity contribution < 1.29 is 9.31 Å². The first-order chi connectivity index (χ1) is 9.89. The van der Waals surface area contributed by atoms with E-state index in [2.05, 4.69) is 64.1 Å². The van der Waals surface area contributed by atoms with Crippen molar-refractivity contribution in [3.8, 4) is 11.1 Å². The minimum atomic E-state index is -0.286. The average Bonchev–Trinajstić information content (AvgIpc) is 2.82. The van der Waals surface area contributed by atoms with Crippen molar-refractivity contribution in [1.82, 2.24) is 0 Å². The zero-order valence-electron chi connectivity index (χ0n) is 13.9. The van der Waals surface area contributed by atoms with Gasteiger partial charge in [0, 0.05) is 0 Å². The van der Waals surface area contributed by atoms with Crippen LogP contribution in [0.3, 0.4) is 0 Å². The third-order valence-electron chi connectivity index (χ3n) is 4.28. The van der Waals surface area contributed by atoms with Gasteiger partial charge < -0.3 is 9.31 Å². The highest BCUT2D eigenvalue weighted by molar-refractivity contribution is 6.62. The summed E-state index contributed by atoms with van der Waals surface area (Å²) >= 11 is 0. The molecule has 1 saturated heterocycles. The molecule has 0 atom stereocenters. The second kappa shape index (κ2) is 5.82. The molecule has 0 unspecified atom stereocenters. The number of hydrogen-bond acceptors (Lipinski definition) is 2. The lowest BCUT2D eigenvalue weighted by Crippen LogP contribution is -2.41. The fourth-order valence-electron chi connectivity index (χ4n) is 2.35. The molecule has 0 spiro atoms. The van der Waals surface area contributed by atoms with Crippen molar-refractivity contribution in [2.75, 3.05) is 0 Å². The van der Waals surface area contributed by atoms with Crippen LogP contribution in [0.15, 0.2) is 42.5 Å². The van der Waals surface area contributed by atoms with Gasteiger partial charge in [0.25, 0.3) is 0 Å². The molecule has 2 aliphatic carbocycles. The third-order valence-corrected chi connectivity index (χ3v) is 4.28. The lowest BCUT2D eigenvalue weighted by atomic mass is 9.81. The maximum atomic E-state index is 6.08. The first-order valence-corrected chi connectivity index (χ1v) is 7.73. The van der Waals surface area contributed by atoms with Gasteiger partial charge in [-0.1, -0.05) is 56.3 Å². The molecule has 0 aromatic rings. The predicted molar refractivity (Wildman–Crippen MR) is 90.1 cm³/mol. The summed E-state index contributed by atoms with van der Waals surface area (Å²) in [6.07, 6.45) is 0. The molecule has 0 amide bonds. The van der Waals surface area contributed by atoms with Crippen LogP contribution in [-0.2, 0) is 9.31 Å². The molecule has 0 aromatic carbocycles. The van der Waals surface area contributed by atoms with Gasteiger partial charge in [-0.3, -0.25) is 0 Å². The Morgan fingerprint density at radius 1 is 0.762 bits per heavy atom. The van der Waals surface area contributed by atoms with Gasteiger partial charge >= 0.3 is 7.12 Å². The molecule has 112 valence electrons. The fourth-order valence-corrected chi connectivity index (χ4v) is 2.35. The van der Waals surface area contributed by atoms with E-state index in [0.29, 0.717) is 0 Å². The van der Waals surface area contributed by atoms with Gasteiger partial charge in [0.05, 0.1) is 11.2 Å². The van der Waals surface area contributed by atoms with Crippen LogP contribution in [0, 0.1) is 0 Å². The van der Waals surface area contributed by atoms with Crippen LogP contribution < -0.4 is 5.46 Å². The number of hydrogen-bond donors (Lipinski definition) is 0. The summed E-state index contributed by atoms with van der Waals surface area (Å²) in [5.41, 5.74) is 2.96. The summed E-state index contributed by atoms with van der Waals surface area (Å²) in [6, 6.07) is 14.7. The molecule has 21 heavy (non-hydrogen) atoms. The average molecular weight is 284 g/mol. The van der Waals surface area contributed by atoms with Crippen LogP contribution in [-0.4, -0.2) is 18.3 Å². The first-order valence-electron chi connectivity index (χ1n) is 7.73. The molecule has 0 N–H and O–H groups in total. The zero-order valence-corrected chi connectivity index (χ0v) is 13.9. The first kappa shape index (κ1) is 16.1. The zero-order chi connectivity index (χ0) is 15.7. The summed E-state index contributed by atoms with van der Waals surface area (Å²) in [5, 5.41) is 0. The van der Waals surface area contributed by atoms with Crippen LogP contribution in [0.25, 0.3) is 11.1 Å². The summed E-state index contributed by atoms with van der Waals surface area (Å²) in [7, 11) is -0.275. The highest BCUT2D eigenvalue weighted by Gasteiger charge is 2.51. The van der Waals surface area contributed by atoms with Gasteiger partial charge in [0.2, 0.25) is 0 Å². The molecule has 1 fully saturated rings. The maximum absolute atomic E-state index is 6.08. The second-order valence-electron chi connectivity index (χ2n) is 6.20. The summed E-state index contributed by atoms with van der Waals surface area (Å²) < 4.78 is 12.2. The van der Waals surface area contributed by atoms with Crippen molar-refractivity contribution in [2.24, 2.45) is 0 Å². The van der Waals surface area contributed by atoms with Crippen molar-refractivity contribution in [3.63, 3.8) is 0 Å². The molecule has 2 nitrogen and oxygen atoms in total. The summed E-state index contributed by atoms with van der Waals surface area (Å²) in [6.45, 7) is 12.3. The lowest BCUT2D eigenvalue weighted by molar-refractivity contribution is 0.00578. The van der Waals surface area contributed by atoms with E-state index in [1.807, 2.05) is 19.9 Å². The Morgan fingerprint density at radius 2 is 1.19 bits per heavy atom. The van der Waals surface area contributed by atoms with Crippen molar-refractivity contribution in [3.05, 3.63) is 42.5 Å². The minimum Gasteiger partial charge on any atom is -0.399 e. The summed E-state index contributed by atoms with van der Waals surface area (Å²) in [4.78, 5) is 0. The lowest BCUT2D eigenvalue weighted by Gasteiger charge is -2.32. The smallest absolute Gasteiger partial charge is 0.399 e. The predicted octanol–water partition coefficient (Wildman–Crippen LogP) is 4.12. The Bertz CT molecular complexity index is 531. The highest BCUT2D eigenvalue weighted by Crippen LogP contribution is 2.37. The standard InChI is InChI=1S/C16H19BO2.C2H6/c1-15(2)16(3,4)19-17(18-15)14-10-12-8-6-5-7-9-13(12)11-14;1-2/h5-11H,1-4H3;1-2H3. The molecular weight excluding hydrogens is 259 g/mol. The maximum Gasteiger partial charge on any atom is 0.494 e. The van der Waals surface area contributed by atoms with E-state index >= 15 is 0 Å². The quantitative estimate of drug-likeness (QED) is 0.733. The topological polar surface area (TPSA) is 18.5 Å². The third kappa shape index (κ3) is 2.99. The van der Waals surface area contributed by atoms with Gasteiger partial charge in [-0.15, -0.1) is 0 Å². The normalized spacial score (nSPS) is 19.2. The van der Waals surface area contributed by atoms with Crippen LogP contribution in [0.2, 0.25) is 0 Å². The van der Waals surface area contributed by atoms with Gasteiger partial charge in [-0.05, 0) is 44.3 Å². The Balaban J connectivity index is 0.000000774. The van der Waals surface area contributed by atoms with E-state index in [4.69, 9.17) is 9.31 Å². The van der Waals surface area contributed by atoms with E-state index < -0.39 is 0 Å². The number of fused-ring (bicyclic) bond motifs is 1. The van der Waals surface area contributed by atoms with Gasteiger partial charge in [0.15, 0.2) is 0 Å². The fraction of sp³-hybridized carbons (Fsp3) is 0.444. The SMILES string of the molecule is CC.CC1(C)OB(c2cc3cccccc-3c2)OC1(C)C. The van der Waals surface area contributed by atoms with Crippen molar-refractivity contribution in [2.45, 2.75) is 52.7 Å². The van der Waals surface area contributed by atoms with Crippen LogP contribution >= 0.6 is 0 Å². The largest absolute Gasteiger partial charge is 0.494 e. The van der Waals surface area contributed by atoms with Gasteiger partial charge in [0.1, 0.15) is 0 Å². The van der Waals surface area contributed by atoms with Crippen LogP contribution in [0.5, 0.6) is 0 Å². The van der Waals surface area contributed by atoms with E-state index in [1.54, 1.807) is 0 Å². The van der Waals surface area contributed by atoms with Gasteiger partial charge in [-0.2, -0.15) is 0 Å². The molecule has 1 heterocycles. The van der Waals surface area contributed by atoms with Gasteiger partial charge in [-0.25, -0.2) is 0 Å². The van der Waals surface area contributed by atoms with Crippen LogP contribution in [0.4, 0.5) is 0 Å². The van der Waals surface area contributed by atoms with Crippen LogP contribution in [0.1, 0.15) is 41.5 Å². The molecule has 3 aliphatic rings. The second-order valence-corrected chi connectivity index (χ2v) is 6.20. The molecule has 0 radical (unpaired) electrons. The molecule has 0 aromatic heterocycles. The molecule has 0 saturated carbocycles. The molecular formula is C18H25BO2. The Hall–Kier alpha value is -1.32. The van der Waals surface area contributed by atoms with E-state index in [-0.39, 0.29) is 18.3 Å². The Kier molecular flexibility index (Phi) is 4.45. The van der Waals surface area contributed by atoms with E-state index in [1.165, 1.54) is 11.1 Å². The molecule has 3 rings (SSSR count). The molecule has 0 bridgehead atoms. The monoisotopic (exact) mass is 284 g/mol. The molecule has 3 heteroatoms. The van der Waals surface area contributed by atoms with Crippen molar-refractivity contribution in [1.29, 1.82) is 0 Å². The minimum absolute atomic E-state index is 0.275. The Morgan fingerprint density at radius 3 is 1.62 bits per heavy atom. The Labute approximate surface area is 129 Å².